The molecule has 2 aromatic carbocycles. The van der Waals surface area contributed by atoms with Crippen LogP contribution in [0.1, 0.15) is 24.2 Å². The molecule has 144 valence electrons. The van der Waals surface area contributed by atoms with Crippen LogP contribution >= 0.6 is 23.2 Å². The Kier molecular flexibility index (Phi) is 5.58. The van der Waals surface area contributed by atoms with Gasteiger partial charge < -0.3 is 11.2 Å². The van der Waals surface area contributed by atoms with E-state index >= 15 is 0 Å². The van der Waals surface area contributed by atoms with E-state index in [-0.39, 0.29) is 11.8 Å². The van der Waals surface area contributed by atoms with Crippen LogP contribution in [0.4, 0.5) is 11.4 Å². The van der Waals surface area contributed by atoms with E-state index in [4.69, 9.17) is 28.9 Å². The average Bonchev–Trinajstić information content (AvgIpc) is 2.96. The number of rotatable bonds is 4. The number of allylic oxidation sites excluding steroid dienone is 1. The second-order valence-electron chi connectivity index (χ2n) is 6.10. The fourth-order valence-electron chi connectivity index (χ4n) is 2.65. The van der Waals surface area contributed by atoms with Crippen LogP contribution in [-0.4, -0.2) is 17.5 Å². The largest absolute Gasteiger partial charge is 0.399 e. The third-order valence-electron chi connectivity index (χ3n) is 4.08. The lowest BCUT2D eigenvalue weighted by molar-refractivity contribution is -0.114. The van der Waals surface area contributed by atoms with Crippen molar-refractivity contribution in [3.05, 3.63) is 69.3 Å². The Bertz CT molecular complexity index is 1020. The van der Waals surface area contributed by atoms with Crippen molar-refractivity contribution in [2.75, 3.05) is 10.7 Å². The number of hydrogen-bond donors (Lipinski definition) is 3. The van der Waals surface area contributed by atoms with E-state index < -0.39 is 0 Å². The number of nitrogens with two attached hydrogens (primary N) is 1. The Hall–Kier alpha value is -3.03. The summed E-state index contributed by atoms with van der Waals surface area (Å²) in [6, 6.07) is 11.3. The van der Waals surface area contributed by atoms with Gasteiger partial charge in [0.1, 0.15) is 0 Å². The summed E-state index contributed by atoms with van der Waals surface area (Å²) in [6.45, 7) is 3.38. The fraction of sp³-hybridized carbons (Fsp3) is 0.105. The number of nitrogen functional groups attached to an aromatic ring is 1. The van der Waals surface area contributed by atoms with Crippen molar-refractivity contribution in [3.63, 3.8) is 0 Å². The molecule has 9 heteroatoms. The van der Waals surface area contributed by atoms with Gasteiger partial charge in [-0.25, -0.2) is 0 Å². The number of nitrogens with zero attached hydrogens (tertiary/aromatic N) is 2. The zero-order valence-corrected chi connectivity index (χ0v) is 16.6. The second-order valence-corrected chi connectivity index (χ2v) is 6.92. The van der Waals surface area contributed by atoms with Crippen LogP contribution < -0.4 is 21.6 Å². The van der Waals surface area contributed by atoms with Crippen molar-refractivity contribution in [2.45, 2.75) is 13.8 Å². The highest BCUT2D eigenvalue weighted by molar-refractivity contribution is 6.42. The van der Waals surface area contributed by atoms with Gasteiger partial charge in [0, 0.05) is 16.9 Å². The number of hydrazine groups is 1. The number of halogens is 2. The van der Waals surface area contributed by atoms with Gasteiger partial charge in [0.2, 0.25) is 0 Å². The lowest BCUT2D eigenvalue weighted by atomic mass is 10.1. The number of hydrazone groups is 1. The smallest absolute Gasteiger partial charge is 0.282 e. The summed E-state index contributed by atoms with van der Waals surface area (Å²) in [5.41, 5.74) is 13.7. The Morgan fingerprint density at radius 2 is 1.75 bits per heavy atom. The minimum absolute atomic E-state index is 0.322. The van der Waals surface area contributed by atoms with Crippen molar-refractivity contribution in [1.29, 1.82) is 0 Å². The Morgan fingerprint density at radius 1 is 1.07 bits per heavy atom. The van der Waals surface area contributed by atoms with Crippen LogP contribution in [0.15, 0.2) is 58.8 Å². The van der Waals surface area contributed by atoms with Gasteiger partial charge in [-0.15, -0.1) is 0 Å². The summed E-state index contributed by atoms with van der Waals surface area (Å²) >= 11 is 12.0. The molecule has 1 aliphatic rings. The van der Waals surface area contributed by atoms with Crippen LogP contribution in [0.3, 0.4) is 0 Å². The number of benzene rings is 2. The predicted molar refractivity (Wildman–Crippen MR) is 111 cm³/mol. The van der Waals surface area contributed by atoms with E-state index in [0.29, 0.717) is 44.0 Å². The minimum Gasteiger partial charge on any atom is -0.399 e. The topological polar surface area (TPSA) is 99.8 Å². The summed E-state index contributed by atoms with van der Waals surface area (Å²) < 4.78 is 0. The monoisotopic (exact) mass is 417 g/mol. The zero-order valence-electron chi connectivity index (χ0n) is 15.1. The molecule has 1 heterocycles. The molecule has 0 aromatic heterocycles. The molecule has 0 spiro atoms. The molecule has 0 bridgehead atoms. The van der Waals surface area contributed by atoms with E-state index in [1.54, 1.807) is 56.3 Å². The first-order chi connectivity index (χ1) is 13.3. The van der Waals surface area contributed by atoms with Crippen LogP contribution in [0, 0.1) is 0 Å². The molecule has 0 unspecified atom stereocenters. The molecule has 0 saturated heterocycles. The minimum atomic E-state index is -0.360. The molecule has 0 aliphatic carbocycles. The van der Waals surface area contributed by atoms with E-state index in [1.165, 1.54) is 5.01 Å². The molecule has 2 amide bonds. The molecule has 28 heavy (non-hydrogen) atoms. The van der Waals surface area contributed by atoms with E-state index in [0.717, 1.165) is 0 Å². The van der Waals surface area contributed by atoms with Gasteiger partial charge in [-0.3, -0.25) is 15.0 Å². The molecule has 0 atom stereocenters. The first-order valence-electron chi connectivity index (χ1n) is 8.26. The van der Waals surface area contributed by atoms with E-state index in [1.807, 2.05) is 0 Å². The lowest BCUT2D eigenvalue weighted by Gasteiger charge is -2.14. The first kappa shape index (κ1) is 19.7. The number of carbonyl (C=O) groups is 2. The van der Waals surface area contributed by atoms with Gasteiger partial charge in [0.15, 0.2) is 0 Å². The quantitative estimate of drug-likeness (QED) is 0.402. The second kappa shape index (κ2) is 7.92. The highest BCUT2D eigenvalue weighted by Crippen LogP contribution is 2.30. The van der Waals surface area contributed by atoms with Crippen LogP contribution in [-0.2, 0) is 4.79 Å². The average molecular weight is 418 g/mol. The molecule has 0 radical (unpaired) electrons. The van der Waals surface area contributed by atoms with Crippen LogP contribution in [0.2, 0.25) is 10.0 Å². The van der Waals surface area contributed by atoms with Gasteiger partial charge in [-0.2, -0.15) is 10.1 Å². The predicted octanol–water partition coefficient (Wildman–Crippen LogP) is 3.51. The molecule has 1 aliphatic heterocycles. The van der Waals surface area contributed by atoms with E-state index in [9.17, 15) is 9.59 Å². The van der Waals surface area contributed by atoms with Crippen molar-refractivity contribution in [2.24, 2.45) is 5.10 Å². The Morgan fingerprint density at radius 3 is 2.39 bits per heavy atom. The van der Waals surface area contributed by atoms with Crippen molar-refractivity contribution >= 4 is 52.1 Å². The maximum absolute atomic E-state index is 12.8. The fourth-order valence-corrected chi connectivity index (χ4v) is 2.94. The number of anilines is 2. The van der Waals surface area contributed by atoms with Gasteiger partial charge >= 0.3 is 0 Å². The summed E-state index contributed by atoms with van der Waals surface area (Å²) in [4.78, 5) is 25.0. The maximum atomic E-state index is 12.8. The van der Waals surface area contributed by atoms with Gasteiger partial charge in [0.05, 0.1) is 27.0 Å². The van der Waals surface area contributed by atoms with Crippen molar-refractivity contribution < 1.29 is 9.59 Å². The van der Waals surface area contributed by atoms with Crippen LogP contribution in [0.5, 0.6) is 0 Å². The molecule has 3 rings (SSSR count). The van der Waals surface area contributed by atoms with Gasteiger partial charge in [-0.1, -0.05) is 23.2 Å². The summed E-state index contributed by atoms with van der Waals surface area (Å²) in [6.07, 6.45) is 0. The first-order valence-corrected chi connectivity index (χ1v) is 9.01. The van der Waals surface area contributed by atoms with Crippen molar-refractivity contribution in [1.82, 2.24) is 10.9 Å². The molecule has 4 N–H and O–H groups in total. The highest BCUT2D eigenvalue weighted by atomic mass is 35.5. The lowest BCUT2D eigenvalue weighted by Crippen LogP contribution is -2.37. The third kappa shape index (κ3) is 3.95. The van der Waals surface area contributed by atoms with Crippen molar-refractivity contribution in [3.8, 4) is 0 Å². The summed E-state index contributed by atoms with van der Waals surface area (Å²) in [7, 11) is 0. The number of hydrogen-bond acceptors (Lipinski definition) is 5. The van der Waals surface area contributed by atoms with E-state index in [2.05, 4.69) is 16.0 Å². The number of nitrogens with one attached hydrogen (secondary N) is 2. The maximum Gasteiger partial charge on any atom is 0.282 e. The third-order valence-corrected chi connectivity index (χ3v) is 4.82. The SMILES string of the molecule is CC1=NN(c2ccc(Cl)c(Cl)c2)C(=O)/C1=C(/C)NNC(=O)c1ccc(N)cc1. The zero-order chi connectivity index (χ0) is 20.4. The summed E-state index contributed by atoms with van der Waals surface area (Å²) in [5, 5.41) is 6.23. The molecule has 0 saturated carbocycles. The normalized spacial score (nSPS) is 15.4. The standard InChI is InChI=1S/C19H17Cl2N5O2/c1-10(23-24-18(27)12-3-5-13(22)6-4-12)17-11(2)25-26(19(17)28)14-7-8-15(20)16(21)9-14/h3-9,23H,22H2,1-2H3,(H,24,27)/b17-10-. The Labute approximate surface area is 171 Å². The molecule has 7 nitrogen and oxygen atoms in total. The molecule has 0 fully saturated rings. The summed E-state index contributed by atoms with van der Waals surface area (Å²) in [5.74, 6) is -0.705. The highest BCUT2D eigenvalue weighted by Gasteiger charge is 2.31. The molecular weight excluding hydrogens is 401 g/mol. The number of carbonyl (C=O) groups excluding carboxylic acids is 2. The molecular formula is C19H17Cl2N5O2. The number of amides is 2. The molecule has 2 aromatic rings. The van der Waals surface area contributed by atoms with Gasteiger partial charge in [-0.05, 0) is 56.3 Å². The Balaban J connectivity index is 1.76. The van der Waals surface area contributed by atoms with Crippen LogP contribution in [0.25, 0.3) is 0 Å². The van der Waals surface area contributed by atoms with Gasteiger partial charge in [0.25, 0.3) is 11.8 Å².